The van der Waals surface area contributed by atoms with Gasteiger partial charge in [0.15, 0.2) is 12.6 Å². The van der Waals surface area contributed by atoms with Crippen LogP contribution in [0, 0.1) is 0 Å². The second-order valence-electron chi connectivity index (χ2n) is 7.60. The molecule has 0 aromatic heterocycles. The van der Waals surface area contributed by atoms with E-state index in [9.17, 15) is 8.42 Å². The molecule has 6 nitrogen and oxygen atoms in total. The fourth-order valence-electron chi connectivity index (χ4n) is 2.57. The molecule has 0 spiro atoms. The summed E-state index contributed by atoms with van der Waals surface area (Å²) in [6.07, 6.45) is -1.04. The van der Waals surface area contributed by atoms with Gasteiger partial charge in [0.05, 0.1) is 32.0 Å². The molecule has 33 heavy (non-hydrogen) atoms. The lowest BCUT2D eigenvalue weighted by Crippen LogP contribution is -2.17. The van der Waals surface area contributed by atoms with Gasteiger partial charge in [0.25, 0.3) is 0 Å². The first-order chi connectivity index (χ1) is 15.4. The summed E-state index contributed by atoms with van der Waals surface area (Å²) in [7, 11) is -3.77. The molecule has 2 unspecified atom stereocenters. The highest BCUT2D eigenvalue weighted by Gasteiger charge is 2.21. The van der Waals surface area contributed by atoms with Crippen LogP contribution < -0.4 is 9.47 Å². The first kappa shape index (κ1) is 27.6. The molecule has 2 aromatic carbocycles. The first-order valence-electron chi connectivity index (χ1n) is 10.1. The van der Waals surface area contributed by atoms with Crippen LogP contribution in [0.15, 0.2) is 79.4 Å². The predicted octanol–water partition coefficient (Wildman–Crippen LogP) is 6.68. The van der Waals surface area contributed by atoms with Crippen LogP contribution in [0.2, 0.25) is 0 Å². The van der Waals surface area contributed by atoms with Gasteiger partial charge in [-0.25, -0.2) is 8.42 Å². The molecule has 0 aliphatic heterocycles. The number of halogens is 2. The van der Waals surface area contributed by atoms with Gasteiger partial charge in [-0.2, -0.15) is 0 Å². The van der Waals surface area contributed by atoms with Crippen molar-refractivity contribution in [2.24, 2.45) is 0 Å². The van der Waals surface area contributed by atoms with Crippen LogP contribution in [0.25, 0.3) is 0 Å². The Kier molecular flexibility index (Phi) is 10.2. The molecule has 2 atom stereocenters. The van der Waals surface area contributed by atoms with Crippen LogP contribution >= 0.6 is 31.9 Å². The predicted molar refractivity (Wildman–Crippen MR) is 135 cm³/mol. The molecule has 0 N–H and O–H groups in total. The standard InChI is InChI=1S/C24H28Br2O6S/c1-15(2)13-29-17(5)31-23-9-7-19(11-21(23)25)33(27,28)20-8-10-24(22(26)12-20)32-18(6)30-14-16(3)4/h7-12,17-18H,1,3,13-14H2,2,4-6H3. The van der Waals surface area contributed by atoms with Gasteiger partial charge in [-0.1, -0.05) is 24.3 Å². The zero-order chi connectivity index (χ0) is 24.8. The van der Waals surface area contributed by atoms with E-state index in [0.29, 0.717) is 33.7 Å². The number of benzene rings is 2. The highest BCUT2D eigenvalue weighted by molar-refractivity contribution is 9.11. The molecule has 0 saturated carbocycles. The van der Waals surface area contributed by atoms with Gasteiger partial charge in [-0.15, -0.1) is 0 Å². The smallest absolute Gasteiger partial charge is 0.206 e. The van der Waals surface area contributed by atoms with Crippen molar-refractivity contribution in [3.05, 3.63) is 69.6 Å². The highest BCUT2D eigenvalue weighted by atomic mass is 79.9. The van der Waals surface area contributed by atoms with E-state index in [-0.39, 0.29) is 9.79 Å². The summed E-state index contributed by atoms with van der Waals surface area (Å²) >= 11 is 6.77. The summed E-state index contributed by atoms with van der Waals surface area (Å²) in [5.41, 5.74) is 1.75. The van der Waals surface area contributed by atoms with Crippen molar-refractivity contribution >= 4 is 41.7 Å². The van der Waals surface area contributed by atoms with Crippen molar-refractivity contribution < 1.29 is 27.4 Å². The summed E-state index contributed by atoms with van der Waals surface area (Å²) < 4.78 is 49.8. The Morgan fingerprint density at radius 2 is 1.18 bits per heavy atom. The Morgan fingerprint density at radius 1 is 0.818 bits per heavy atom. The van der Waals surface area contributed by atoms with Gasteiger partial charge < -0.3 is 18.9 Å². The zero-order valence-corrected chi connectivity index (χ0v) is 23.0. The number of hydrogen-bond acceptors (Lipinski definition) is 6. The van der Waals surface area contributed by atoms with Gasteiger partial charge in [0.2, 0.25) is 9.84 Å². The van der Waals surface area contributed by atoms with Gasteiger partial charge in [0.1, 0.15) is 11.5 Å². The largest absolute Gasteiger partial charge is 0.464 e. The second kappa shape index (κ2) is 12.2. The molecule has 0 amide bonds. The van der Waals surface area contributed by atoms with Crippen molar-refractivity contribution in [2.45, 2.75) is 50.1 Å². The number of rotatable bonds is 12. The maximum Gasteiger partial charge on any atom is 0.206 e. The van der Waals surface area contributed by atoms with Gasteiger partial charge in [-0.05, 0) is 96.0 Å². The van der Waals surface area contributed by atoms with E-state index in [4.69, 9.17) is 18.9 Å². The second-order valence-corrected chi connectivity index (χ2v) is 11.3. The lowest BCUT2D eigenvalue weighted by atomic mass is 10.3. The summed E-state index contributed by atoms with van der Waals surface area (Å²) in [5.74, 6) is 0.939. The van der Waals surface area contributed by atoms with Crippen LogP contribution in [0.4, 0.5) is 0 Å². The Balaban J connectivity index is 2.17. The lowest BCUT2D eigenvalue weighted by molar-refractivity contribution is -0.0579. The Morgan fingerprint density at radius 3 is 1.48 bits per heavy atom. The molecule has 0 bridgehead atoms. The molecule has 2 aromatic rings. The zero-order valence-electron chi connectivity index (χ0n) is 19.1. The van der Waals surface area contributed by atoms with Crippen molar-refractivity contribution in [2.75, 3.05) is 13.2 Å². The van der Waals surface area contributed by atoms with E-state index in [2.05, 4.69) is 45.0 Å². The Bertz CT molecular complexity index is 1030. The minimum atomic E-state index is -3.77. The molecule has 0 aliphatic rings. The number of sulfone groups is 1. The molecular weight excluding hydrogens is 576 g/mol. The van der Waals surface area contributed by atoms with E-state index in [0.717, 1.165) is 11.1 Å². The topological polar surface area (TPSA) is 71.1 Å². The SMILES string of the molecule is C=C(C)COC(C)Oc1ccc(S(=O)(=O)c2ccc(OC(C)OCC(=C)C)c(Br)c2)cc1Br. The van der Waals surface area contributed by atoms with Crippen LogP contribution in [-0.4, -0.2) is 34.2 Å². The molecule has 0 radical (unpaired) electrons. The van der Waals surface area contributed by atoms with E-state index < -0.39 is 22.4 Å². The van der Waals surface area contributed by atoms with Crippen LogP contribution in [0.1, 0.15) is 27.7 Å². The summed E-state index contributed by atoms with van der Waals surface area (Å²) in [4.78, 5) is 0.243. The maximum absolute atomic E-state index is 13.2. The van der Waals surface area contributed by atoms with Crippen LogP contribution in [-0.2, 0) is 19.3 Å². The summed E-state index contributed by atoms with van der Waals surface area (Å²) in [6, 6.07) is 9.17. The third kappa shape index (κ3) is 8.26. The third-order valence-electron chi connectivity index (χ3n) is 4.14. The van der Waals surface area contributed by atoms with Gasteiger partial charge >= 0.3 is 0 Å². The third-order valence-corrected chi connectivity index (χ3v) is 7.13. The average Bonchev–Trinajstić information content (AvgIpc) is 2.73. The van der Waals surface area contributed by atoms with Crippen molar-refractivity contribution in [3.63, 3.8) is 0 Å². The number of hydrogen-bond donors (Lipinski definition) is 0. The molecule has 9 heteroatoms. The quantitative estimate of drug-likeness (QED) is 0.199. The molecule has 0 aliphatic carbocycles. The molecule has 0 heterocycles. The van der Waals surface area contributed by atoms with Crippen molar-refractivity contribution in [1.29, 1.82) is 0 Å². The van der Waals surface area contributed by atoms with Crippen molar-refractivity contribution in [1.82, 2.24) is 0 Å². The summed E-state index contributed by atoms with van der Waals surface area (Å²) in [6.45, 7) is 15.5. The normalized spacial score (nSPS) is 13.3. The number of ether oxygens (including phenoxy) is 4. The Labute approximate surface area is 212 Å². The first-order valence-corrected chi connectivity index (χ1v) is 13.2. The van der Waals surface area contributed by atoms with E-state index in [1.165, 1.54) is 24.3 Å². The van der Waals surface area contributed by atoms with E-state index in [1.807, 2.05) is 13.8 Å². The van der Waals surface area contributed by atoms with Crippen LogP contribution in [0.3, 0.4) is 0 Å². The minimum Gasteiger partial charge on any atom is -0.464 e. The maximum atomic E-state index is 13.2. The van der Waals surface area contributed by atoms with Gasteiger partial charge in [0, 0.05) is 0 Å². The molecule has 2 rings (SSSR count). The lowest BCUT2D eigenvalue weighted by Gasteiger charge is -2.18. The van der Waals surface area contributed by atoms with E-state index in [1.54, 1.807) is 26.0 Å². The molecule has 180 valence electrons. The minimum absolute atomic E-state index is 0.121. The highest BCUT2D eigenvalue weighted by Crippen LogP contribution is 2.34. The summed E-state index contributed by atoms with van der Waals surface area (Å²) in [5, 5.41) is 0. The molecular formula is C24H28Br2O6S. The molecule has 0 fully saturated rings. The van der Waals surface area contributed by atoms with E-state index >= 15 is 0 Å². The fraction of sp³-hybridized carbons (Fsp3) is 0.333. The average molecular weight is 604 g/mol. The van der Waals surface area contributed by atoms with Gasteiger partial charge in [-0.3, -0.25) is 0 Å². The Hall–Kier alpha value is -1.65. The van der Waals surface area contributed by atoms with Crippen LogP contribution in [0.5, 0.6) is 11.5 Å². The fourth-order valence-corrected chi connectivity index (χ4v) is 5.13. The molecule has 0 saturated heterocycles. The van der Waals surface area contributed by atoms with Crippen molar-refractivity contribution in [3.8, 4) is 11.5 Å². The monoisotopic (exact) mass is 602 g/mol.